The molecule has 0 aromatic heterocycles. The zero-order valence-corrected chi connectivity index (χ0v) is 12.9. The Bertz CT molecular complexity index is 715. The van der Waals surface area contributed by atoms with Crippen molar-refractivity contribution in [3.63, 3.8) is 0 Å². The quantitative estimate of drug-likeness (QED) is 0.939. The standard InChI is InChI=1S/C18H20O4/c1-21-15-7-4-12-5-8-16(22-2)14-9-11(10-17(19)20)3-6-13(15)18(12)14/h4-5,7-8,11H,3,6,9-10H2,1-2H3,(H,19,20). The highest BCUT2D eigenvalue weighted by Crippen LogP contribution is 2.40. The Morgan fingerprint density at radius 3 is 2.36 bits per heavy atom. The van der Waals surface area contributed by atoms with E-state index < -0.39 is 5.97 Å². The van der Waals surface area contributed by atoms with Gasteiger partial charge in [0.05, 0.1) is 14.2 Å². The van der Waals surface area contributed by atoms with Crippen LogP contribution < -0.4 is 9.47 Å². The van der Waals surface area contributed by atoms with Gasteiger partial charge in [-0.3, -0.25) is 4.79 Å². The Morgan fingerprint density at radius 2 is 1.77 bits per heavy atom. The molecule has 1 aliphatic carbocycles. The highest BCUT2D eigenvalue weighted by Gasteiger charge is 2.24. The number of carboxylic acid groups (broad SMARTS) is 1. The monoisotopic (exact) mass is 300 g/mol. The number of ether oxygens (including phenoxy) is 2. The Morgan fingerprint density at radius 1 is 1.14 bits per heavy atom. The van der Waals surface area contributed by atoms with Crippen LogP contribution in [0.25, 0.3) is 10.8 Å². The van der Waals surface area contributed by atoms with Crippen LogP contribution in [0.3, 0.4) is 0 Å². The molecule has 0 bridgehead atoms. The van der Waals surface area contributed by atoms with E-state index in [1.807, 2.05) is 12.1 Å². The molecule has 2 aromatic carbocycles. The van der Waals surface area contributed by atoms with Crippen LogP contribution >= 0.6 is 0 Å². The zero-order valence-electron chi connectivity index (χ0n) is 12.9. The van der Waals surface area contributed by atoms with Crippen molar-refractivity contribution in [2.75, 3.05) is 14.2 Å². The number of rotatable bonds is 4. The fourth-order valence-corrected chi connectivity index (χ4v) is 3.53. The lowest BCUT2D eigenvalue weighted by atomic mass is 9.93. The average molecular weight is 300 g/mol. The second-order valence-corrected chi connectivity index (χ2v) is 5.80. The maximum Gasteiger partial charge on any atom is 0.303 e. The molecule has 1 unspecified atom stereocenters. The number of aliphatic carboxylic acids is 1. The van der Waals surface area contributed by atoms with E-state index in [-0.39, 0.29) is 12.3 Å². The predicted molar refractivity (Wildman–Crippen MR) is 84.8 cm³/mol. The first kappa shape index (κ1) is 14.7. The molecule has 0 amide bonds. The maximum absolute atomic E-state index is 11.1. The van der Waals surface area contributed by atoms with E-state index in [4.69, 9.17) is 14.6 Å². The van der Waals surface area contributed by atoms with E-state index in [0.717, 1.165) is 41.7 Å². The number of carbonyl (C=O) groups is 1. The Labute approximate surface area is 129 Å². The van der Waals surface area contributed by atoms with Gasteiger partial charge in [-0.25, -0.2) is 0 Å². The van der Waals surface area contributed by atoms with Gasteiger partial charge in [0.25, 0.3) is 0 Å². The first-order valence-electron chi connectivity index (χ1n) is 7.51. The third kappa shape index (κ3) is 2.49. The summed E-state index contributed by atoms with van der Waals surface area (Å²) in [5.41, 5.74) is 2.28. The number of methoxy groups -OCH3 is 2. The number of hydrogen-bond acceptors (Lipinski definition) is 3. The molecule has 0 aliphatic heterocycles. The van der Waals surface area contributed by atoms with E-state index in [9.17, 15) is 4.79 Å². The molecule has 116 valence electrons. The van der Waals surface area contributed by atoms with Crippen molar-refractivity contribution in [2.45, 2.75) is 25.7 Å². The van der Waals surface area contributed by atoms with E-state index >= 15 is 0 Å². The number of aryl methyl sites for hydroxylation is 1. The molecule has 0 fully saturated rings. The molecular formula is C18H20O4. The first-order chi connectivity index (χ1) is 10.6. The molecule has 1 atom stereocenters. The summed E-state index contributed by atoms with van der Waals surface area (Å²) in [6, 6.07) is 8.07. The third-order valence-corrected chi connectivity index (χ3v) is 4.51. The average Bonchev–Trinajstić information content (AvgIpc) is 2.69. The zero-order chi connectivity index (χ0) is 15.7. The third-order valence-electron chi connectivity index (χ3n) is 4.51. The molecule has 4 heteroatoms. The van der Waals surface area contributed by atoms with Crippen molar-refractivity contribution in [1.82, 2.24) is 0 Å². The number of benzene rings is 2. The van der Waals surface area contributed by atoms with Gasteiger partial charge in [0.2, 0.25) is 0 Å². The summed E-state index contributed by atoms with van der Waals surface area (Å²) in [7, 11) is 3.34. The lowest BCUT2D eigenvalue weighted by Gasteiger charge is -2.16. The highest BCUT2D eigenvalue weighted by atomic mass is 16.5. The molecule has 2 aromatic rings. The highest BCUT2D eigenvalue weighted by molar-refractivity contribution is 5.93. The smallest absolute Gasteiger partial charge is 0.303 e. The molecule has 4 nitrogen and oxygen atoms in total. The topological polar surface area (TPSA) is 55.8 Å². The fourth-order valence-electron chi connectivity index (χ4n) is 3.53. The normalized spacial score (nSPS) is 17.1. The summed E-state index contributed by atoms with van der Waals surface area (Å²) in [5, 5.41) is 11.5. The molecule has 3 rings (SSSR count). The molecule has 0 saturated heterocycles. The Kier molecular flexibility index (Phi) is 3.92. The van der Waals surface area contributed by atoms with Gasteiger partial charge in [-0.1, -0.05) is 12.1 Å². The van der Waals surface area contributed by atoms with E-state index in [1.165, 1.54) is 10.9 Å². The molecule has 1 aliphatic rings. The van der Waals surface area contributed by atoms with Gasteiger partial charge in [0, 0.05) is 17.5 Å². The lowest BCUT2D eigenvalue weighted by molar-refractivity contribution is -0.138. The van der Waals surface area contributed by atoms with Gasteiger partial charge in [-0.05, 0) is 48.1 Å². The summed E-state index contributed by atoms with van der Waals surface area (Å²) in [6.45, 7) is 0. The van der Waals surface area contributed by atoms with Gasteiger partial charge in [-0.15, -0.1) is 0 Å². The minimum atomic E-state index is -0.742. The van der Waals surface area contributed by atoms with E-state index in [0.29, 0.717) is 0 Å². The molecule has 0 radical (unpaired) electrons. The molecule has 22 heavy (non-hydrogen) atoms. The van der Waals surface area contributed by atoms with Gasteiger partial charge in [0.15, 0.2) is 0 Å². The van der Waals surface area contributed by atoms with Gasteiger partial charge in [0.1, 0.15) is 11.5 Å². The van der Waals surface area contributed by atoms with Gasteiger partial charge < -0.3 is 14.6 Å². The predicted octanol–water partition coefficient (Wildman–Crippen LogP) is 3.44. The maximum atomic E-state index is 11.1. The second-order valence-electron chi connectivity index (χ2n) is 5.80. The van der Waals surface area contributed by atoms with Crippen molar-refractivity contribution in [3.05, 3.63) is 35.4 Å². The summed E-state index contributed by atoms with van der Waals surface area (Å²) < 4.78 is 11.0. The van der Waals surface area contributed by atoms with Crippen molar-refractivity contribution in [2.24, 2.45) is 5.92 Å². The van der Waals surface area contributed by atoms with Crippen molar-refractivity contribution in [3.8, 4) is 11.5 Å². The van der Waals surface area contributed by atoms with Crippen LogP contribution in [0.4, 0.5) is 0 Å². The van der Waals surface area contributed by atoms with Crippen LogP contribution in [-0.2, 0) is 17.6 Å². The second kappa shape index (κ2) is 5.87. The SMILES string of the molecule is COc1ccc2ccc(OC)c3c2c1CCC(CC(=O)O)C3. The summed E-state index contributed by atoms with van der Waals surface area (Å²) in [4.78, 5) is 11.1. The van der Waals surface area contributed by atoms with Crippen LogP contribution in [0.2, 0.25) is 0 Å². The molecule has 0 heterocycles. The minimum absolute atomic E-state index is 0.120. The van der Waals surface area contributed by atoms with Crippen LogP contribution in [0.1, 0.15) is 24.0 Å². The van der Waals surface area contributed by atoms with Crippen LogP contribution in [-0.4, -0.2) is 25.3 Å². The number of carboxylic acids is 1. The molecule has 1 N–H and O–H groups in total. The first-order valence-corrected chi connectivity index (χ1v) is 7.51. The summed E-state index contributed by atoms with van der Waals surface area (Å²) >= 11 is 0. The Balaban J connectivity index is 2.20. The van der Waals surface area contributed by atoms with Crippen LogP contribution in [0.15, 0.2) is 24.3 Å². The fraction of sp³-hybridized carbons (Fsp3) is 0.389. The van der Waals surface area contributed by atoms with Crippen molar-refractivity contribution < 1.29 is 19.4 Å². The van der Waals surface area contributed by atoms with Crippen LogP contribution in [0.5, 0.6) is 11.5 Å². The number of hydrogen-bond donors (Lipinski definition) is 1. The van der Waals surface area contributed by atoms with E-state index in [2.05, 4.69) is 12.1 Å². The largest absolute Gasteiger partial charge is 0.496 e. The van der Waals surface area contributed by atoms with Crippen LogP contribution in [0, 0.1) is 5.92 Å². The summed E-state index contributed by atoms with van der Waals surface area (Å²) in [6.07, 6.45) is 2.60. The molecule has 0 spiro atoms. The van der Waals surface area contributed by atoms with Crippen molar-refractivity contribution >= 4 is 16.7 Å². The lowest BCUT2D eigenvalue weighted by Crippen LogP contribution is -2.10. The molecular weight excluding hydrogens is 280 g/mol. The molecule has 0 saturated carbocycles. The van der Waals surface area contributed by atoms with E-state index in [1.54, 1.807) is 14.2 Å². The summed E-state index contributed by atoms with van der Waals surface area (Å²) in [5.74, 6) is 1.08. The minimum Gasteiger partial charge on any atom is -0.496 e. The Hall–Kier alpha value is -2.23. The van der Waals surface area contributed by atoms with Gasteiger partial charge >= 0.3 is 5.97 Å². The van der Waals surface area contributed by atoms with Crippen molar-refractivity contribution in [1.29, 1.82) is 0 Å². The van der Waals surface area contributed by atoms with Gasteiger partial charge in [-0.2, -0.15) is 0 Å².